The van der Waals surface area contributed by atoms with E-state index in [0.29, 0.717) is 32.0 Å². The van der Waals surface area contributed by atoms with Gasteiger partial charge in [0.05, 0.1) is 18.9 Å². The van der Waals surface area contributed by atoms with Crippen molar-refractivity contribution in [3.63, 3.8) is 0 Å². The number of carbonyl (C=O) groups excluding carboxylic acids is 1. The molecule has 1 unspecified atom stereocenters. The second-order valence-corrected chi connectivity index (χ2v) is 6.34. The highest BCUT2D eigenvalue weighted by Crippen LogP contribution is 2.15. The molecule has 0 fully saturated rings. The largest absolute Gasteiger partial charge is 0.464 e. The molecule has 6 heteroatoms. The third kappa shape index (κ3) is 8.37. The van der Waals surface area contributed by atoms with Crippen molar-refractivity contribution in [2.75, 3.05) is 13.2 Å². The Bertz CT molecular complexity index is 759. The predicted octanol–water partition coefficient (Wildman–Crippen LogP) is 4.16. The average Bonchev–Trinajstić information content (AvgIpc) is 2.74. The number of hydrogen-bond donors (Lipinski definition) is 1. The van der Waals surface area contributed by atoms with Crippen molar-refractivity contribution in [3.8, 4) is 5.75 Å². The molecule has 0 bridgehead atoms. The van der Waals surface area contributed by atoms with Gasteiger partial charge in [0.25, 0.3) is 0 Å². The highest BCUT2D eigenvalue weighted by molar-refractivity contribution is 5.75. The number of carbonyl (C=O) groups is 1. The Kier molecular flexibility index (Phi) is 9.75. The number of hydroxylamine groups is 1. The van der Waals surface area contributed by atoms with E-state index in [4.69, 9.17) is 19.0 Å². The van der Waals surface area contributed by atoms with E-state index in [1.54, 1.807) is 13.2 Å². The summed E-state index contributed by atoms with van der Waals surface area (Å²) in [7, 11) is 0. The number of benzene rings is 2. The fourth-order valence-electron chi connectivity index (χ4n) is 2.55. The molecular weight excluding hydrogens is 370 g/mol. The van der Waals surface area contributed by atoms with Crippen LogP contribution >= 0.6 is 0 Å². The standard InChI is InChI=1S/C23H29NO5/c1-4-26-22(23(25)27-5-2)15-19-11-13-21(14-12-19)28-16-18(3)24-29-17-20-9-7-6-8-10-20/h6-14,16,22,24H,4-5,15,17H2,1-3H3. The van der Waals surface area contributed by atoms with E-state index in [1.807, 2.05) is 68.4 Å². The molecule has 0 saturated carbocycles. The third-order valence-electron chi connectivity index (χ3n) is 3.95. The summed E-state index contributed by atoms with van der Waals surface area (Å²) >= 11 is 0. The molecule has 1 N–H and O–H groups in total. The molecule has 0 aliphatic rings. The number of nitrogens with one attached hydrogen (secondary N) is 1. The molecule has 0 radical (unpaired) electrons. The molecule has 0 spiro atoms. The molecule has 2 rings (SSSR count). The zero-order valence-electron chi connectivity index (χ0n) is 17.2. The fourth-order valence-corrected chi connectivity index (χ4v) is 2.55. The van der Waals surface area contributed by atoms with Crippen molar-refractivity contribution in [2.45, 2.75) is 39.9 Å². The van der Waals surface area contributed by atoms with Crippen LogP contribution in [0.15, 0.2) is 66.6 Å². The molecule has 29 heavy (non-hydrogen) atoms. The first-order valence-corrected chi connectivity index (χ1v) is 9.74. The van der Waals surface area contributed by atoms with E-state index in [9.17, 15) is 4.79 Å². The van der Waals surface area contributed by atoms with Gasteiger partial charge < -0.3 is 14.2 Å². The molecule has 6 nitrogen and oxygen atoms in total. The predicted molar refractivity (Wildman–Crippen MR) is 111 cm³/mol. The average molecular weight is 399 g/mol. The van der Waals surface area contributed by atoms with E-state index >= 15 is 0 Å². The summed E-state index contributed by atoms with van der Waals surface area (Å²) in [5.74, 6) is 0.344. The lowest BCUT2D eigenvalue weighted by molar-refractivity contribution is -0.156. The Balaban J connectivity index is 1.81. The van der Waals surface area contributed by atoms with Gasteiger partial charge in [0.15, 0.2) is 6.10 Å². The minimum absolute atomic E-state index is 0.337. The van der Waals surface area contributed by atoms with E-state index in [0.717, 1.165) is 16.8 Å². The molecule has 2 aromatic rings. The lowest BCUT2D eigenvalue weighted by Gasteiger charge is -2.15. The van der Waals surface area contributed by atoms with Crippen LogP contribution in [0.5, 0.6) is 5.75 Å². The van der Waals surface area contributed by atoms with E-state index < -0.39 is 6.10 Å². The van der Waals surface area contributed by atoms with Crippen molar-refractivity contribution < 1.29 is 23.8 Å². The molecule has 156 valence electrons. The van der Waals surface area contributed by atoms with Crippen LogP contribution < -0.4 is 10.2 Å². The van der Waals surface area contributed by atoms with Crippen molar-refractivity contribution >= 4 is 5.97 Å². The molecule has 0 aromatic heterocycles. The quantitative estimate of drug-likeness (QED) is 0.328. The second kappa shape index (κ2) is 12.6. The Hall–Kier alpha value is -2.83. The Labute approximate surface area is 172 Å². The van der Waals surface area contributed by atoms with Gasteiger partial charge in [-0.15, -0.1) is 0 Å². The number of allylic oxidation sites excluding steroid dienone is 1. The van der Waals surface area contributed by atoms with Crippen LogP contribution in [-0.2, 0) is 32.1 Å². The summed E-state index contributed by atoms with van der Waals surface area (Å²) in [4.78, 5) is 17.4. The number of rotatable bonds is 12. The van der Waals surface area contributed by atoms with Gasteiger partial charge in [-0.05, 0) is 44.0 Å². The van der Waals surface area contributed by atoms with Crippen LogP contribution in [0.2, 0.25) is 0 Å². The van der Waals surface area contributed by atoms with Crippen LogP contribution in [0.25, 0.3) is 0 Å². The first-order valence-electron chi connectivity index (χ1n) is 9.74. The summed E-state index contributed by atoms with van der Waals surface area (Å²) in [6.45, 7) is 6.74. The van der Waals surface area contributed by atoms with E-state index in [2.05, 4.69) is 5.48 Å². The van der Waals surface area contributed by atoms with E-state index in [-0.39, 0.29) is 5.97 Å². The topological polar surface area (TPSA) is 66.0 Å². The maximum absolute atomic E-state index is 12.0. The molecule has 0 aliphatic carbocycles. The van der Waals surface area contributed by atoms with Gasteiger partial charge in [-0.1, -0.05) is 42.5 Å². The Morgan fingerprint density at radius 3 is 2.38 bits per heavy atom. The molecule has 0 heterocycles. The van der Waals surface area contributed by atoms with Gasteiger partial charge in [0, 0.05) is 13.0 Å². The van der Waals surface area contributed by atoms with Gasteiger partial charge in [-0.3, -0.25) is 10.3 Å². The van der Waals surface area contributed by atoms with Crippen LogP contribution in [0, 0.1) is 0 Å². The van der Waals surface area contributed by atoms with Crippen molar-refractivity contribution in [3.05, 3.63) is 77.7 Å². The van der Waals surface area contributed by atoms with Crippen LogP contribution in [0.3, 0.4) is 0 Å². The fraction of sp³-hybridized carbons (Fsp3) is 0.348. The number of esters is 1. The molecule has 0 saturated heterocycles. The molecule has 0 aliphatic heterocycles. The van der Waals surface area contributed by atoms with Gasteiger partial charge in [-0.2, -0.15) is 0 Å². The minimum atomic E-state index is -0.597. The maximum atomic E-state index is 12.0. The molecule has 2 aromatic carbocycles. The molecule has 0 amide bonds. The highest BCUT2D eigenvalue weighted by Gasteiger charge is 2.20. The first kappa shape index (κ1) is 22.5. The second-order valence-electron chi connectivity index (χ2n) is 6.34. The molecule has 1 atom stereocenters. The monoisotopic (exact) mass is 399 g/mol. The zero-order chi connectivity index (χ0) is 20.9. The van der Waals surface area contributed by atoms with Gasteiger partial charge in [0.1, 0.15) is 12.0 Å². The number of ether oxygens (including phenoxy) is 3. The molecular formula is C23H29NO5. The van der Waals surface area contributed by atoms with Crippen molar-refractivity contribution in [1.82, 2.24) is 5.48 Å². The zero-order valence-corrected chi connectivity index (χ0v) is 17.2. The van der Waals surface area contributed by atoms with Crippen LogP contribution in [0.1, 0.15) is 31.9 Å². The minimum Gasteiger partial charge on any atom is -0.464 e. The summed E-state index contributed by atoms with van der Waals surface area (Å²) < 4.78 is 16.2. The third-order valence-corrected chi connectivity index (χ3v) is 3.95. The lowest BCUT2D eigenvalue weighted by atomic mass is 10.1. The van der Waals surface area contributed by atoms with E-state index in [1.165, 1.54) is 0 Å². The SMILES string of the molecule is CCOC(=O)C(Cc1ccc(OC=C(C)NOCc2ccccc2)cc1)OCC. The Morgan fingerprint density at radius 1 is 1.00 bits per heavy atom. The summed E-state index contributed by atoms with van der Waals surface area (Å²) in [5.41, 5.74) is 5.63. The highest BCUT2D eigenvalue weighted by atomic mass is 16.6. The van der Waals surface area contributed by atoms with Crippen molar-refractivity contribution in [2.24, 2.45) is 0 Å². The van der Waals surface area contributed by atoms with Gasteiger partial charge in [0.2, 0.25) is 0 Å². The lowest BCUT2D eigenvalue weighted by Crippen LogP contribution is -2.28. The summed E-state index contributed by atoms with van der Waals surface area (Å²) in [5, 5.41) is 0. The number of hydrogen-bond acceptors (Lipinski definition) is 6. The normalized spacial score (nSPS) is 12.3. The summed E-state index contributed by atoms with van der Waals surface area (Å²) in [6.07, 6.45) is 1.44. The Morgan fingerprint density at radius 2 is 1.72 bits per heavy atom. The van der Waals surface area contributed by atoms with Crippen LogP contribution in [0.4, 0.5) is 0 Å². The van der Waals surface area contributed by atoms with Crippen LogP contribution in [-0.4, -0.2) is 25.3 Å². The maximum Gasteiger partial charge on any atom is 0.335 e. The van der Waals surface area contributed by atoms with Gasteiger partial charge in [-0.25, -0.2) is 4.79 Å². The van der Waals surface area contributed by atoms with Gasteiger partial charge >= 0.3 is 5.97 Å². The smallest absolute Gasteiger partial charge is 0.335 e. The van der Waals surface area contributed by atoms with Crippen molar-refractivity contribution in [1.29, 1.82) is 0 Å². The summed E-state index contributed by atoms with van der Waals surface area (Å²) in [6, 6.07) is 17.4. The first-order chi connectivity index (χ1) is 14.1.